The Morgan fingerprint density at radius 3 is 2.37 bits per heavy atom. The highest BCUT2D eigenvalue weighted by atomic mass is 16.4. The van der Waals surface area contributed by atoms with Crippen molar-refractivity contribution in [3.8, 4) is 0 Å². The molecule has 0 radical (unpaired) electrons. The van der Waals surface area contributed by atoms with E-state index in [-0.39, 0.29) is 6.04 Å². The molecule has 4 N–H and O–H groups in total. The zero-order chi connectivity index (χ0) is 14.4. The summed E-state index contributed by atoms with van der Waals surface area (Å²) >= 11 is 0. The number of hydrogen-bond donors (Lipinski definition) is 3. The number of rotatable bonds is 6. The van der Waals surface area contributed by atoms with Gasteiger partial charge >= 0.3 is 12.0 Å². The molecule has 0 saturated heterocycles. The fraction of sp³-hybridized carbons (Fsp3) is 0.750. The molecule has 7 heteroatoms. The highest BCUT2D eigenvalue weighted by Gasteiger charge is 2.29. The number of aliphatic carboxylic acids is 1. The van der Waals surface area contributed by atoms with Crippen LogP contribution in [0, 0.1) is 0 Å². The first-order chi connectivity index (χ1) is 8.95. The molecule has 3 amide bonds. The first-order valence-electron chi connectivity index (χ1n) is 6.54. The Kier molecular flexibility index (Phi) is 5.59. The zero-order valence-corrected chi connectivity index (χ0v) is 11.1. The van der Waals surface area contributed by atoms with E-state index in [2.05, 4.69) is 5.32 Å². The Hall–Kier alpha value is -1.79. The summed E-state index contributed by atoms with van der Waals surface area (Å²) in [4.78, 5) is 35.4. The van der Waals surface area contributed by atoms with E-state index < -0.39 is 30.4 Å². The van der Waals surface area contributed by atoms with Gasteiger partial charge in [-0.05, 0) is 19.8 Å². The van der Waals surface area contributed by atoms with Gasteiger partial charge in [-0.15, -0.1) is 0 Å². The Morgan fingerprint density at radius 1 is 1.37 bits per heavy atom. The lowest BCUT2D eigenvalue weighted by atomic mass is 10.2. The van der Waals surface area contributed by atoms with Crippen LogP contribution in [0.3, 0.4) is 0 Å². The third kappa shape index (κ3) is 4.42. The van der Waals surface area contributed by atoms with Crippen LogP contribution >= 0.6 is 0 Å². The van der Waals surface area contributed by atoms with Crippen LogP contribution < -0.4 is 11.1 Å². The van der Waals surface area contributed by atoms with Gasteiger partial charge in [0, 0.05) is 12.6 Å². The molecular weight excluding hydrogens is 250 g/mol. The minimum absolute atomic E-state index is 0.160. The maximum absolute atomic E-state index is 12.1. The molecule has 0 spiro atoms. The van der Waals surface area contributed by atoms with E-state index in [4.69, 9.17) is 10.8 Å². The molecule has 1 saturated carbocycles. The third-order valence-electron chi connectivity index (χ3n) is 3.37. The minimum Gasteiger partial charge on any atom is -0.480 e. The van der Waals surface area contributed by atoms with Crippen molar-refractivity contribution in [3.05, 3.63) is 0 Å². The first kappa shape index (κ1) is 15.3. The number of hydrogen-bond acceptors (Lipinski definition) is 3. The fourth-order valence-electron chi connectivity index (χ4n) is 2.42. The third-order valence-corrected chi connectivity index (χ3v) is 3.37. The lowest BCUT2D eigenvalue weighted by molar-refractivity contribution is -0.141. The molecule has 1 aliphatic carbocycles. The van der Waals surface area contributed by atoms with Crippen LogP contribution in [0.1, 0.15) is 39.0 Å². The molecule has 0 bridgehead atoms. The molecule has 1 fully saturated rings. The summed E-state index contributed by atoms with van der Waals surface area (Å²) in [6, 6.07) is -1.54. The predicted octanol–water partition coefficient (Wildman–Crippen LogP) is 0.289. The summed E-state index contributed by atoms with van der Waals surface area (Å²) in [6.45, 7) is 2.36. The highest BCUT2D eigenvalue weighted by molar-refractivity contribution is 5.87. The highest BCUT2D eigenvalue weighted by Crippen LogP contribution is 2.23. The van der Waals surface area contributed by atoms with Crippen molar-refractivity contribution in [1.82, 2.24) is 10.2 Å². The van der Waals surface area contributed by atoms with Gasteiger partial charge in [0.15, 0.2) is 0 Å². The second-order valence-corrected chi connectivity index (χ2v) is 4.74. The van der Waals surface area contributed by atoms with E-state index in [1.165, 1.54) is 0 Å². The molecule has 1 atom stereocenters. The quantitative estimate of drug-likeness (QED) is 0.644. The number of carboxylic acids is 1. The van der Waals surface area contributed by atoms with Crippen molar-refractivity contribution in [2.24, 2.45) is 5.73 Å². The lowest BCUT2D eigenvalue weighted by Gasteiger charge is -2.29. The van der Waals surface area contributed by atoms with Crippen LogP contribution in [0.4, 0.5) is 4.79 Å². The molecule has 0 aliphatic heterocycles. The maximum atomic E-state index is 12.1. The summed E-state index contributed by atoms with van der Waals surface area (Å²) in [7, 11) is 0. The van der Waals surface area contributed by atoms with Crippen molar-refractivity contribution in [2.45, 2.75) is 51.1 Å². The Morgan fingerprint density at radius 2 is 1.95 bits per heavy atom. The van der Waals surface area contributed by atoms with Gasteiger partial charge in [-0.3, -0.25) is 4.79 Å². The number of nitrogens with zero attached hydrogens (tertiary/aromatic N) is 1. The van der Waals surface area contributed by atoms with Gasteiger partial charge in [0.2, 0.25) is 5.91 Å². The molecule has 7 nitrogen and oxygen atoms in total. The monoisotopic (exact) mass is 271 g/mol. The van der Waals surface area contributed by atoms with Gasteiger partial charge in [0.25, 0.3) is 0 Å². The van der Waals surface area contributed by atoms with Crippen molar-refractivity contribution >= 4 is 17.9 Å². The van der Waals surface area contributed by atoms with E-state index >= 15 is 0 Å². The van der Waals surface area contributed by atoms with Gasteiger partial charge in [0.1, 0.15) is 6.04 Å². The Balaban J connectivity index is 2.63. The van der Waals surface area contributed by atoms with E-state index in [1.54, 1.807) is 4.90 Å². The summed E-state index contributed by atoms with van der Waals surface area (Å²) in [5.74, 6) is -2.01. The molecule has 0 aromatic heterocycles. The predicted molar refractivity (Wildman–Crippen MR) is 68.4 cm³/mol. The zero-order valence-electron chi connectivity index (χ0n) is 11.1. The lowest BCUT2D eigenvalue weighted by Crippen LogP contribution is -2.51. The van der Waals surface area contributed by atoms with E-state index in [9.17, 15) is 14.4 Å². The normalized spacial score (nSPS) is 16.9. The van der Waals surface area contributed by atoms with Crippen molar-refractivity contribution in [1.29, 1.82) is 0 Å². The van der Waals surface area contributed by atoms with Gasteiger partial charge in [-0.25, -0.2) is 9.59 Å². The average Bonchev–Trinajstić information content (AvgIpc) is 2.82. The summed E-state index contributed by atoms with van der Waals surface area (Å²) in [5, 5.41) is 11.3. The smallest absolute Gasteiger partial charge is 0.326 e. The summed E-state index contributed by atoms with van der Waals surface area (Å²) in [5.41, 5.74) is 4.97. The maximum Gasteiger partial charge on any atom is 0.326 e. The van der Waals surface area contributed by atoms with Crippen LogP contribution in [0.5, 0.6) is 0 Å². The Bertz CT molecular complexity index is 353. The minimum atomic E-state index is -1.26. The molecular formula is C12H21N3O4. The molecule has 0 aromatic rings. The second-order valence-electron chi connectivity index (χ2n) is 4.74. The van der Waals surface area contributed by atoms with Crippen molar-refractivity contribution in [2.75, 3.05) is 6.54 Å². The molecule has 0 aromatic carbocycles. The number of primary amides is 1. The summed E-state index contributed by atoms with van der Waals surface area (Å²) in [6.07, 6.45) is 3.64. The molecule has 0 unspecified atom stereocenters. The number of amides is 3. The Labute approximate surface area is 112 Å². The summed E-state index contributed by atoms with van der Waals surface area (Å²) < 4.78 is 0. The van der Waals surface area contributed by atoms with Gasteiger partial charge in [-0.1, -0.05) is 12.8 Å². The van der Waals surface area contributed by atoms with E-state index in [0.29, 0.717) is 6.54 Å². The fourth-order valence-corrected chi connectivity index (χ4v) is 2.42. The van der Waals surface area contributed by atoms with Gasteiger partial charge in [-0.2, -0.15) is 0 Å². The number of carbonyl (C=O) groups excluding carboxylic acids is 2. The van der Waals surface area contributed by atoms with Crippen LogP contribution in [0.25, 0.3) is 0 Å². The van der Waals surface area contributed by atoms with Crippen molar-refractivity contribution in [3.63, 3.8) is 0 Å². The topological polar surface area (TPSA) is 113 Å². The van der Waals surface area contributed by atoms with Crippen LogP contribution in [0.2, 0.25) is 0 Å². The van der Waals surface area contributed by atoms with Crippen LogP contribution in [0.15, 0.2) is 0 Å². The molecule has 0 heterocycles. The number of urea groups is 1. The standard InChI is InChI=1S/C12H21N3O4/c1-2-15(8-5-3-4-6-8)12(19)14-9(11(17)18)7-10(13)16/h8-9H,2-7H2,1H3,(H2,13,16)(H,14,19)(H,17,18)/t9-/m0/s1. The van der Waals surface area contributed by atoms with E-state index in [1.807, 2.05) is 6.92 Å². The van der Waals surface area contributed by atoms with Gasteiger partial charge < -0.3 is 21.1 Å². The SMILES string of the molecule is CCN(C(=O)N[C@@H](CC(N)=O)C(=O)O)C1CCCC1. The second kappa shape index (κ2) is 6.96. The van der Waals surface area contributed by atoms with Crippen LogP contribution in [-0.4, -0.2) is 46.5 Å². The largest absolute Gasteiger partial charge is 0.480 e. The number of nitrogens with two attached hydrogens (primary N) is 1. The van der Waals surface area contributed by atoms with Crippen molar-refractivity contribution < 1.29 is 19.5 Å². The molecule has 108 valence electrons. The molecule has 1 aliphatic rings. The van der Waals surface area contributed by atoms with E-state index in [0.717, 1.165) is 25.7 Å². The molecule has 1 rings (SSSR count). The first-order valence-corrected chi connectivity index (χ1v) is 6.54. The average molecular weight is 271 g/mol. The molecule has 19 heavy (non-hydrogen) atoms. The number of nitrogens with one attached hydrogen (secondary N) is 1. The number of carbonyl (C=O) groups is 3. The number of carboxylic acid groups (broad SMARTS) is 1. The van der Waals surface area contributed by atoms with Crippen LogP contribution in [-0.2, 0) is 9.59 Å². The van der Waals surface area contributed by atoms with Gasteiger partial charge in [0.05, 0.1) is 6.42 Å².